The number of ether oxygens (including phenoxy) is 1. The van der Waals surface area contributed by atoms with Gasteiger partial charge >= 0.3 is 5.97 Å². The number of esters is 1. The van der Waals surface area contributed by atoms with Crippen LogP contribution in [-0.2, 0) is 16.1 Å². The first-order valence-electron chi connectivity index (χ1n) is 5.23. The monoisotopic (exact) mass is 259 g/mol. The highest BCUT2D eigenvalue weighted by Gasteiger charge is 2.28. The average molecular weight is 260 g/mol. The Hall–Kier alpha value is -0.580. The Kier molecular flexibility index (Phi) is 3.84. The van der Waals surface area contributed by atoms with Crippen molar-refractivity contribution in [1.29, 1.82) is 0 Å². The molecule has 1 unspecified atom stereocenters. The molecule has 2 rings (SSSR count). The van der Waals surface area contributed by atoms with Crippen LogP contribution in [0.2, 0.25) is 4.34 Å². The summed E-state index contributed by atoms with van der Waals surface area (Å²) in [6, 6.07) is 3.95. The molecule has 1 aromatic rings. The molecule has 5 heteroatoms. The van der Waals surface area contributed by atoms with Crippen molar-refractivity contribution < 1.29 is 9.53 Å². The third-order valence-electron chi connectivity index (χ3n) is 2.82. The van der Waals surface area contributed by atoms with Gasteiger partial charge in [-0.3, -0.25) is 9.69 Å². The molecule has 0 aromatic carbocycles. The average Bonchev–Trinajstić information content (AvgIpc) is 2.87. The molecule has 16 heavy (non-hydrogen) atoms. The molecular formula is C11H14ClNO2S. The molecule has 88 valence electrons. The second-order valence-electron chi connectivity index (χ2n) is 3.95. The van der Waals surface area contributed by atoms with E-state index >= 15 is 0 Å². The lowest BCUT2D eigenvalue weighted by atomic mass is 10.1. The molecule has 1 fully saturated rings. The number of rotatable bonds is 3. The lowest BCUT2D eigenvalue weighted by Crippen LogP contribution is -2.23. The third kappa shape index (κ3) is 2.75. The summed E-state index contributed by atoms with van der Waals surface area (Å²) >= 11 is 7.47. The maximum Gasteiger partial charge on any atom is 0.310 e. The first kappa shape index (κ1) is 11.9. The highest BCUT2D eigenvalue weighted by Crippen LogP contribution is 2.25. The first-order chi connectivity index (χ1) is 7.69. The molecule has 1 aromatic heterocycles. The van der Waals surface area contributed by atoms with Crippen molar-refractivity contribution in [3.63, 3.8) is 0 Å². The van der Waals surface area contributed by atoms with Crippen LogP contribution in [0.1, 0.15) is 11.3 Å². The number of carbonyl (C=O) groups is 1. The lowest BCUT2D eigenvalue weighted by molar-refractivity contribution is -0.144. The molecule has 0 saturated carbocycles. The summed E-state index contributed by atoms with van der Waals surface area (Å²) in [4.78, 5) is 14.9. The van der Waals surface area contributed by atoms with Gasteiger partial charge in [-0.15, -0.1) is 11.3 Å². The molecule has 1 aliphatic rings. The van der Waals surface area contributed by atoms with Gasteiger partial charge in [0.2, 0.25) is 0 Å². The predicted molar refractivity (Wildman–Crippen MR) is 64.7 cm³/mol. The van der Waals surface area contributed by atoms with E-state index in [2.05, 4.69) is 4.90 Å². The van der Waals surface area contributed by atoms with E-state index in [1.807, 2.05) is 12.1 Å². The Morgan fingerprint density at radius 1 is 1.69 bits per heavy atom. The van der Waals surface area contributed by atoms with Crippen molar-refractivity contribution in [1.82, 2.24) is 4.90 Å². The summed E-state index contributed by atoms with van der Waals surface area (Å²) in [5.41, 5.74) is 0. The van der Waals surface area contributed by atoms with E-state index in [4.69, 9.17) is 16.3 Å². The van der Waals surface area contributed by atoms with Crippen LogP contribution in [0.3, 0.4) is 0 Å². The van der Waals surface area contributed by atoms with Crippen LogP contribution in [-0.4, -0.2) is 31.1 Å². The maximum atomic E-state index is 11.3. The van der Waals surface area contributed by atoms with Crippen molar-refractivity contribution in [2.24, 2.45) is 5.92 Å². The summed E-state index contributed by atoms with van der Waals surface area (Å²) in [6.45, 7) is 2.63. The van der Waals surface area contributed by atoms with E-state index in [-0.39, 0.29) is 11.9 Å². The van der Waals surface area contributed by atoms with Crippen LogP contribution >= 0.6 is 22.9 Å². The van der Waals surface area contributed by atoms with Crippen LogP contribution in [0.15, 0.2) is 12.1 Å². The van der Waals surface area contributed by atoms with Gasteiger partial charge in [-0.05, 0) is 25.1 Å². The number of likely N-dealkylation sites (tertiary alicyclic amines) is 1. The van der Waals surface area contributed by atoms with Crippen LogP contribution in [0, 0.1) is 5.92 Å². The first-order valence-corrected chi connectivity index (χ1v) is 6.43. The van der Waals surface area contributed by atoms with Gasteiger partial charge in [0, 0.05) is 18.0 Å². The van der Waals surface area contributed by atoms with E-state index in [1.165, 1.54) is 12.0 Å². The summed E-state index contributed by atoms with van der Waals surface area (Å²) in [5.74, 6) is -0.0489. The maximum absolute atomic E-state index is 11.3. The lowest BCUT2D eigenvalue weighted by Gasteiger charge is -2.13. The van der Waals surface area contributed by atoms with Crippen molar-refractivity contribution >= 4 is 28.9 Å². The van der Waals surface area contributed by atoms with E-state index in [9.17, 15) is 4.79 Å². The van der Waals surface area contributed by atoms with Crippen LogP contribution < -0.4 is 0 Å². The number of hydrogen-bond donors (Lipinski definition) is 0. The Morgan fingerprint density at radius 2 is 2.50 bits per heavy atom. The number of thiophene rings is 1. The van der Waals surface area contributed by atoms with Gasteiger partial charge in [0.05, 0.1) is 17.4 Å². The van der Waals surface area contributed by atoms with E-state index < -0.39 is 0 Å². The van der Waals surface area contributed by atoms with Gasteiger partial charge in [0.15, 0.2) is 0 Å². The SMILES string of the molecule is COC(=O)C1CCN(Cc2ccc(Cl)s2)C1. The number of halogens is 1. The molecule has 0 N–H and O–H groups in total. The zero-order valence-corrected chi connectivity index (χ0v) is 10.7. The second-order valence-corrected chi connectivity index (χ2v) is 5.75. The zero-order valence-electron chi connectivity index (χ0n) is 9.11. The van der Waals surface area contributed by atoms with Crippen molar-refractivity contribution in [3.8, 4) is 0 Å². The fourth-order valence-electron chi connectivity index (χ4n) is 1.99. The molecule has 0 bridgehead atoms. The molecule has 1 aliphatic heterocycles. The van der Waals surface area contributed by atoms with Crippen LogP contribution in [0.4, 0.5) is 0 Å². The highest BCUT2D eigenvalue weighted by atomic mass is 35.5. The van der Waals surface area contributed by atoms with Crippen molar-refractivity contribution in [3.05, 3.63) is 21.3 Å². The fraction of sp³-hybridized carbons (Fsp3) is 0.545. The quantitative estimate of drug-likeness (QED) is 0.781. The van der Waals surface area contributed by atoms with Crippen molar-refractivity contribution in [2.75, 3.05) is 20.2 Å². The molecule has 3 nitrogen and oxygen atoms in total. The highest BCUT2D eigenvalue weighted by molar-refractivity contribution is 7.16. The van der Waals surface area contributed by atoms with E-state index in [0.29, 0.717) is 0 Å². The minimum Gasteiger partial charge on any atom is -0.469 e. The standard InChI is InChI=1S/C11H14ClNO2S/c1-15-11(14)8-4-5-13(6-8)7-9-2-3-10(12)16-9/h2-3,8H,4-7H2,1H3. The smallest absolute Gasteiger partial charge is 0.310 e. The number of carbonyl (C=O) groups excluding carboxylic acids is 1. The number of methoxy groups -OCH3 is 1. The summed E-state index contributed by atoms with van der Waals surface area (Å²) in [6.07, 6.45) is 0.895. The van der Waals surface area contributed by atoms with Gasteiger partial charge in [-0.25, -0.2) is 0 Å². The van der Waals surface area contributed by atoms with Gasteiger partial charge in [-0.2, -0.15) is 0 Å². The molecule has 1 atom stereocenters. The van der Waals surface area contributed by atoms with Gasteiger partial charge in [-0.1, -0.05) is 11.6 Å². The Bertz CT molecular complexity index is 380. The minimum atomic E-state index is -0.0910. The largest absolute Gasteiger partial charge is 0.469 e. The summed E-state index contributed by atoms with van der Waals surface area (Å²) < 4.78 is 5.57. The summed E-state index contributed by atoms with van der Waals surface area (Å²) in [5, 5.41) is 0. The van der Waals surface area contributed by atoms with E-state index in [0.717, 1.165) is 30.4 Å². The van der Waals surface area contributed by atoms with Gasteiger partial charge < -0.3 is 4.74 Å². The minimum absolute atomic E-state index is 0.0421. The van der Waals surface area contributed by atoms with Gasteiger partial charge in [0.1, 0.15) is 0 Å². The Balaban J connectivity index is 1.87. The molecular weight excluding hydrogens is 246 g/mol. The molecule has 0 spiro atoms. The Labute approximate surface area is 104 Å². The number of nitrogens with zero attached hydrogens (tertiary/aromatic N) is 1. The van der Waals surface area contributed by atoms with E-state index in [1.54, 1.807) is 11.3 Å². The molecule has 1 saturated heterocycles. The van der Waals surface area contributed by atoms with Crippen LogP contribution in [0.25, 0.3) is 0 Å². The predicted octanol–water partition coefficient (Wildman–Crippen LogP) is 2.40. The van der Waals surface area contributed by atoms with Crippen LogP contribution in [0.5, 0.6) is 0 Å². The molecule has 0 amide bonds. The Morgan fingerprint density at radius 3 is 3.12 bits per heavy atom. The summed E-state index contributed by atoms with van der Waals surface area (Å²) in [7, 11) is 1.45. The molecule has 0 aliphatic carbocycles. The molecule has 0 radical (unpaired) electrons. The fourth-order valence-corrected chi connectivity index (χ4v) is 3.12. The molecule has 2 heterocycles. The second kappa shape index (κ2) is 5.17. The van der Waals surface area contributed by atoms with Gasteiger partial charge in [0.25, 0.3) is 0 Å². The van der Waals surface area contributed by atoms with Crippen molar-refractivity contribution in [2.45, 2.75) is 13.0 Å². The topological polar surface area (TPSA) is 29.5 Å². The third-order valence-corrected chi connectivity index (χ3v) is 4.03. The normalized spacial score (nSPS) is 21.2. The number of hydrogen-bond acceptors (Lipinski definition) is 4. The zero-order chi connectivity index (χ0) is 11.5.